The second-order valence-electron chi connectivity index (χ2n) is 9.57. The molecule has 0 aliphatic heterocycles. The summed E-state index contributed by atoms with van der Waals surface area (Å²) in [6.45, 7) is 6.56. The number of rotatable bonds is 15. The lowest BCUT2D eigenvalue weighted by molar-refractivity contribution is -0.132. The summed E-state index contributed by atoms with van der Waals surface area (Å²) < 4.78 is 14.0. The number of nitrogens with zero attached hydrogens (tertiary/aromatic N) is 3. The summed E-state index contributed by atoms with van der Waals surface area (Å²) in [5.74, 6) is 0.764. The summed E-state index contributed by atoms with van der Waals surface area (Å²) in [5.41, 5.74) is 2.67. The Morgan fingerprint density at radius 3 is 2.23 bits per heavy atom. The maximum Gasteiger partial charge on any atom is 0.258 e. The molecule has 3 rings (SSSR count). The summed E-state index contributed by atoms with van der Waals surface area (Å²) >= 11 is 3.49. The highest BCUT2D eigenvalue weighted by Crippen LogP contribution is 2.26. The minimum absolute atomic E-state index is 0.0190. The van der Waals surface area contributed by atoms with Crippen molar-refractivity contribution in [3.05, 3.63) is 82.1 Å². The Balaban J connectivity index is 1.80. The van der Waals surface area contributed by atoms with Crippen molar-refractivity contribution in [3.8, 4) is 11.5 Å². The zero-order valence-corrected chi connectivity index (χ0v) is 25.1. The Morgan fingerprint density at radius 1 is 0.897 bits per heavy atom. The van der Waals surface area contributed by atoms with Crippen LogP contribution in [-0.2, 0) is 17.9 Å². The highest BCUT2D eigenvalue weighted by Gasteiger charge is 2.25. The second kappa shape index (κ2) is 15.4. The van der Waals surface area contributed by atoms with Crippen LogP contribution in [0.5, 0.6) is 11.5 Å². The molecule has 210 valence electrons. The van der Waals surface area contributed by atoms with Crippen molar-refractivity contribution in [2.24, 2.45) is 0 Å². The molecule has 0 saturated carbocycles. The van der Waals surface area contributed by atoms with Crippen LogP contribution >= 0.6 is 15.9 Å². The van der Waals surface area contributed by atoms with E-state index in [1.54, 1.807) is 30.2 Å². The summed E-state index contributed by atoms with van der Waals surface area (Å²) in [4.78, 5) is 30.9. The molecule has 39 heavy (non-hydrogen) atoms. The molecule has 0 fully saturated rings. The number of benzene rings is 2. The molecule has 0 unspecified atom stereocenters. The monoisotopic (exact) mass is 597 g/mol. The van der Waals surface area contributed by atoms with Gasteiger partial charge in [-0.25, -0.2) is 0 Å². The first-order valence-electron chi connectivity index (χ1n) is 13.6. The van der Waals surface area contributed by atoms with Crippen LogP contribution in [0, 0.1) is 0 Å². The topological polar surface area (TPSA) is 64.0 Å². The highest BCUT2D eigenvalue weighted by molar-refractivity contribution is 9.10. The normalized spacial score (nSPS) is 10.8. The molecular weight excluding hydrogens is 558 g/mol. The Labute approximate surface area is 240 Å². The number of ether oxygens (including phenoxy) is 2. The van der Waals surface area contributed by atoms with E-state index in [0.717, 1.165) is 42.4 Å². The van der Waals surface area contributed by atoms with Gasteiger partial charge in [-0.15, -0.1) is 0 Å². The quantitative estimate of drug-likeness (QED) is 0.204. The summed E-state index contributed by atoms with van der Waals surface area (Å²) in [5, 5.41) is 0. The number of halogens is 1. The van der Waals surface area contributed by atoms with Gasteiger partial charge < -0.3 is 23.8 Å². The maximum atomic E-state index is 13.7. The van der Waals surface area contributed by atoms with E-state index in [1.807, 2.05) is 29.3 Å². The largest absolute Gasteiger partial charge is 0.497 e. The van der Waals surface area contributed by atoms with Crippen molar-refractivity contribution < 1.29 is 19.1 Å². The second-order valence-corrected chi connectivity index (χ2v) is 10.5. The first kappa shape index (κ1) is 30.3. The van der Waals surface area contributed by atoms with Crippen molar-refractivity contribution in [2.45, 2.75) is 52.6 Å². The molecule has 0 bridgehead atoms. The zero-order chi connectivity index (χ0) is 28.2. The number of hydrogen-bond donors (Lipinski definition) is 0. The average Bonchev–Trinajstić information content (AvgIpc) is 3.39. The molecule has 0 aliphatic rings. The minimum Gasteiger partial charge on any atom is -0.497 e. The van der Waals surface area contributed by atoms with E-state index in [9.17, 15) is 9.59 Å². The van der Waals surface area contributed by atoms with E-state index in [1.165, 1.54) is 12.7 Å². The lowest BCUT2D eigenvalue weighted by Gasteiger charge is -2.28. The van der Waals surface area contributed by atoms with Crippen LogP contribution in [0.1, 0.15) is 61.1 Å². The van der Waals surface area contributed by atoms with Crippen molar-refractivity contribution in [1.82, 2.24) is 14.4 Å². The molecule has 2 amide bonds. The third-order valence-corrected chi connectivity index (χ3v) is 7.24. The van der Waals surface area contributed by atoms with Crippen molar-refractivity contribution in [1.29, 1.82) is 0 Å². The van der Waals surface area contributed by atoms with Crippen molar-refractivity contribution >= 4 is 27.7 Å². The van der Waals surface area contributed by atoms with Gasteiger partial charge in [0, 0.05) is 42.1 Å². The smallest absolute Gasteiger partial charge is 0.258 e. The van der Waals surface area contributed by atoms with Crippen LogP contribution in [0.2, 0.25) is 0 Å². The standard InChI is InChI=1S/C31H40BrN3O4/c1-5-7-17-34(22-26-10-9-19-33(26)21-24-11-13-25(32)14-12-24)30(36)23-35(18-8-6-2)31(37)28-16-15-27(38-3)20-29(28)39-4/h9-16,19-20H,5-8,17-18,21-23H2,1-4H3. The van der Waals surface area contributed by atoms with Gasteiger partial charge in [0.25, 0.3) is 5.91 Å². The fourth-order valence-electron chi connectivity index (χ4n) is 4.38. The summed E-state index contributed by atoms with van der Waals surface area (Å²) in [6, 6.07) is 17.5. The molecule has 7 nitrogen and oxygen atoms in total. The number of amides is 2. The Bertz CT molecular complexity index is 1210. The SMILES string of the molecule is CCCCN(Cc1cccn1Cc1ccc(Br)cc1)C(=O)CN(CCCC)C(=O)c1ccc(OC)cc1OC. The third kappa shape index (κ3) is 8.62. The van der Waals surface area contributed by atoms with Crippen LogP contribution in [0.4, 0.5) is 0 Å². The first-order chi connectivity index (χ1) is 18.9. The van der Waals surface area contributed by atoms with Gasteiger partial charge in [-0.2, -0.15) is 0 Å². The zero-order valence-electron chi connectivity index (χ0n) is 23.5. The molecule has 0 atom stereocenters. The molecule has 0 spiro atoms. The molecule has 2 aromatic carbocycles. The first-order valence-corrected chi connectivity index (χ1v) is 14.4. The Kier molecular flexibility index (Phi) is 11.9. The van der Waals surface area contributed by atoms with Gasteiger partial charge in [-0.1, -0.05) is 54.8 Å². The minimum atomic E-state index is -0.217. The summed E-state index contributed by atoms with van der Waals surface area (Å²) in [6.07, 6.45) is 5.65. The number of unbranched alkanes of at least 4 members (excludes halogenated alkanes) is 2. The summed E-state index contributed by atoms with van der Waals surface area (Å²) in [7, 11) is 3.10. The van der Waals surface area contributed by atoms with Gasteiger partial charge in [0.05, 0.1) is 26.3 Å². The van der Waals surface area contributed by atoms with Gasteiger partial charge in [-0.05, 0) is 54.8 Å². The molecule has 3 aromatic rings. The number of carbonyl (C=O) groups excluding carboxylic acids is 2. The highest BCUT2D eigenvalue weighted by atomic mass is 79.9. The van der Waals surface area contributed by atoms with Gasteiger partial charge in [-0.3, -0.25) is 9.59 Å². The van der Waals surface area contributed by atoms with Crippen LogP contribution in [0.25, 0.3) is 0 Å². The van der Waals surface area contributed by atoms with Crippen LogP contribution in [0.15, 0.2) is 65.3 Å². The third-order valence-electron chi connectivity index (χ3n) is 6.71. The fraction of sp³-hybridized carbons (Fsp3) is 0.419. The Morgan fingerprint density at radius 2 is 1.59 bits per heavy atom. The molecule has 1 aromatic heterocycles. The van der Waals surface area contributed by atoms with E-state index < -0.39 is 0 Å². The number of carbonyl (C=O) groups is 2. The Hall–Kier alpha value is -3.26. The van der Waals surface area contributed by atoms with Gasteiger partial charge in [0.15, 0.2) is 0 Å². The molecular formula is C31H40BrN3O4. The number of hydrogen-bond acceptors (Lipinski definition) is 4. The molecule has 0 saturated heterocycles. The van der Waals surface area contributed by atoms with Crippen LogP contribution in [0.3, 0.4) is 0 Å². The molecule has 1 heterocycles. The predicted molar refractivity (Wildman–Crippen MR) is 158 cm³/mol. The number of aromatic nitrogens is 1. The van der Waals surface area contributed by atoms with Gasteiger partial charge >= 0.3 is 0 Å². The van der Waals surface area contributed by atoms with Crippen molar-refractivity contribution in [2.75, 3.05) is 33.9 Å². The van der Waals surface area contributed by atoms with E-state index in [0.29, 0.717) is 36.7 Å². The lowest BCUT2D eigenvalue weighted by atomic mass is 10.1. The van der Waals surface area contributed by atoms with Crippen molar-refractivity contribution in [3.63, 3.8) is 0 Å². The van der Waals surface area contributed by atoms with Gasteiger partial charge in [0.1, 0.15) is 18.0 Å². The lowest BCUT2D eigenvalue weighted by Crippen LogP contribution is -2.43. The predicted octanol–water partition coefficient (Wildman–Crippen LogP) is 6.39. The van der Waals surface area contributed by atoms with E-state index in [2.05, 4.69) is 52.5 Å². The van der Waals surface area contributed by atoms with E-state index >= 15 is 0 Å². The molecule has 0 aliphatic carbocycles. The van der Waals surface area contributed by atoms with E-state index in [4.69, 9.17) is 9.47 Å². The maximum absolute atomic E-state index is 13.7. The number of methoxy groups -OCH3 is 2. The fourth-order valence-corrected chi connectivity index (χ4v) is 4.64. The molecule has 0 N–H and O–H groups in total. The average molecular weight is 599 g/mol. The molecule has 8 heteroatoms. The van der Waals surface area contributed by atoms with E-state index in [-0.39, 0.29) is 18.4 Å². The molecule has 0 radical (unpaired) electrons. The van der Waals surface area contributed by atoms with Crippen LogP contribution < -0.4 is 9.47 Å². The van der Waals surface area contributed by atoms with Crippen LogP contribution in [-0.4, -0.2) is 60.0 Å². The van der Waals surface area contributed by atoms with Gasteiger partial charge in [0.2, 0.25) is 5.91 Å².